The Balaban J connectivity index is 0.00000306. The summed E-state index contributed by atoms with van der Waals surface area (Å²) >= 11 is 0. The fourth-order valence-corrected chi connectivity index (χ4v) is 3.56. The van der Waals surface area contributed by atoms with Crippen molar-refractivity contribution in [2.24, 2.45) is 0 Å². The van der Waals surface area contributed by atoms with Crippen molar-refractivity contribution in [3.8, 4) is 0 Å². The van der Waals surface area contributed by atoms with Gasteiger partial charge in [0.25, 0.3) is 5.91 Å². The number of rotatable bonds is 5. The minimum atomic E-state index is -5.11. The Hall–Kier alpha value is -2.35. The van der Waals surface area contributed by atoms with E-state index in [-0.39, 0.29) is 45.0 Å². The summed E-state index contributed by atoms with van der Waals surface area (Å²) in [5.41, 5.74) is -0.208. The van der Waals surface area contributed by atoms with Gasteiger partial charge in [0.2, 0.25) is 5.82 Å². The van der Waals surface area contributed by atoms with Crippen LogP contribution in [0.3, 0.4) is 0 Å². The van der Waals surface area contributed by atoms with Crippen LogP contribution in [-0.4, -0.2) is 42.1 Å². The molecule has 2 aromatic rings. The van der Waals surface area contributed by atoms with Crippen molar-refractivity contribution in [3.63, 3.8) is 0 Å². The van der Waals surface area contributed by atoms with Gasteiger partial charge in [-0.2, -0.15) is 53.3 Å². The van der Waals surface area contributed by atoms with Gasteiger partial charge >= 0.3 is 12.4 Å². The van der Waals surface area contributed by atoms with Crippen LogP contribution >= 0.6 is 27.0 Å². The van der Waals surface area contributed by atoms with Gasteiger partial charge in [-0.25, -0.2) is 9.97 Å². The number of halogens is 6. The molecule has 1 amide bonds. The summed E-state index contributed by atoms with van der Waals surface area (Å²) in [6.07, 6.45) is -8.23. The molecule has 3 rings (SSSR count). The number of hydrogen-bond donors (Lipinski definition) is 2. The third-order valence-corrected chi connectivity index (χ3v) is 5.33. The molecule has 0 aliphatic heterocycles. The van der Waals surface area contributed by atoms with Crippen molar-refractivity contribution in [2.75, 3.05) is 24.3 Å². The van der Waals surface area contributed by atoms with Gasteiger partial charge in [0.05, 0.1) is 0 Å². The molecule has 1 heterocycles. The van der Waals surface area contributed by atoms with Crippen LogP contribution in [0.2, 0.25) is 0 Å². The average Bonchev–Trinajstić information content (AvgIpc) is 2.73. The maximum Gasteiger partial charge on any atom is 0.451 e. The van der Waals surface area contributed by atoms with Crippen molar-refractivity contribution in [1.82, 2.24) is 15.3 Å². The van der Waals surface area contributed by atoms with Crippen LogP contribution in [0.5, 0.6) is 0 Å². The van der Waals surface area contributed by atoms with E-state index in [4.69, 9.17) is 0 Å². The number of aromatic nitrogens is 2. The van der Waals surface area contributed by atoms with Crippen LogP contribution in [0.1, 0.15) is 47.6 Å². The van der Waals surface area contributed by atoms with Crippen molar-refractivity contribution in [1.29, 1.82) is 0 Å². The lowest BCUT2D eigenvalue weighted by molar-refractivity contribution is -0.152. The number of nitrogens with zero attached hydrogens (tertiary/aromatic N) is 3. The highest BCUT2D eigenvalue weighted by Crippen LogP contribution is 2.34. The van der Waals surface area contributed by atoms with Gasteiger partial charge < -0.3 is 15.5 Å². The van der Waals surface area contributed by atoms with Gasteiger partial charge in [-0.3, -0.25) is 4.79 Å². The van der Waals surface area contributed by atoms with Gasteiger partial charge in [-0.05, 0) is 49.9 Å². The minimum absolute atomic E-state index is 0. The maximum absolute atomic E-state index is 13.0. The molecule has 0 bridgehead atoms. The van der Waals surface area contributed by atoms with Crippen LogP contribution in [0.4, 0.5) is 37.8 Å². The summed E-state index contributed by atoms with van der Waals surface area (Å²) in [6, 6.07) is 7.01. The van der Waals surface area contributed by atoms with Gasteiger partial charge in [0, 0.05) is 43.5 Å². The summed E-state index contributed by atoms with van der Waals surface area (Å²) in [6.45, 7) is 0. The Kier molecular flexibility index (Phi) is 10.6. The predicted molar refractivity (Wildman–Crippen MR) is 131 cm³/mol. The Morgan fingerprint density at radius 1 is 0.886 bits per heavy atom. The van der Waals surface area contributed by atoms with Crippen LogP contribution in [-0.2, 0) is 12.4 Å². The van der Waals surface area contributed by atoms with E-state index in [1.54, 1.807) is 12.1 Å². The fourth-order valence-electron chi connectivity index (χ4n) is 3.56. The second-order valence-corrected chi connectivity index (χ2v) is 8.07. The molecule has 6 nitrogen and oxygen atoms in total. The van der Waals surface area contributed by atoms with Crippen LogP contribution in [0, 0.1) is 0 Å². The number of amides is 1. The van der Waals surface area contributed by atoms with E-state index in [0.29, 0.717) is 37.3 Å². The molecule has 0 spiro atoms. The minimum Gasteiger partial charge on any atom is -0.378 e. The zero-order valence-corrected chi connectivity index (χ0v) is 20.9. The van der Waals surface area contributed by atoms with Crippen LogP contribution in [0.25, 0.3) is 0 Å². The van der Waals surface area contributed by atoms with Crippen molar-refractivity contribution in [3.05, 3.63) is 47.4 Å². The van der Waals surface area contributed by atoms with E-state index >= 15 is 0 Å². The second kappa shape index (κ2) is 12.1. The van der Waals surface area contributed by atoms with E-state index in [0.717, 1.165) is 5.69 Å². The number of alkyl halides is 6. The maximum atomic E-state index is 13.0. The normalized spacial score (nSPS) is 18.1. The lowest BCUT2D eigenvalue weighted by Gasteiger charge is -2.30. The van der Waals surface area contributed by atoms with Gasteiger partial charge in [0.15, 0.2) is 5.69 Å². The number of nitrogens with one attached hydrogen (secondary N) is 2. The Bertz CT molecular complexity index is 945. The molecule has 1 fully saturated rings. The van der Waals surface area contributed by atoms with Crippen LogP contribution in [0.15, 0.2) is 30.3 Å². The number of benzene rings is 1. The van der Waals surface area contributed by atoms with E-state index in [1.165, 1.54) is 0 Å². The number of carbonyl (C=O) groups is 1. The van der Waals surface area contributed by atoms with E-state index in [2.05, 4.69) is 20.6 Å². The predicted octanol–water partition coefficient (Wildman–Crippen LogP) is 4.96. The van der Waals surface area contributed by atoms with Gasteiger partial charge in [-0.15, -0.1) is 0 Å². The molecule has 196 valence electrons. The molecule has 0 atom stereocenters. The molecule has 1 aliphatic carbocycles. The Labute approximate surface area is 212 Å². The third kappa shape index (κ3) is 8.37. The Morgan fingerprint density at radius 3 is 1.91 bits per heavy atom. The SMILES string of the molecule is CN(C)c1ccc(C(=O)NC2CCC(Nc3cc(C(F)(F)F)nc(C(F)(F)F)n3)CC2)cc1.S.S. The highest BCUT2D eigenvalue weighted by Gasteiger charge is 2.40. The molecular weight excluding hydrogens is 516 g/mol. The highest BCUT2D eigenvalue weighted by molar-refractivity contribution is 7.59. The van der Waals surface area contributed by atoms with Crippen LogP contribution < -0.4 is 15.5 Å². The first-order valence-corrected chi connectivity index (χ1v) is 10.2. The summed E-state index contributed by atoms with van der Waals surface area (Å²) in [7, 11) is 3.77. The molecule has 14 heteroatoms. The van der Waals surface area contributed by atoms with Crippen molar-refractivity contribution >= 4 is 44.4 Å². The summed E-state index contributed by atoms with van der Waals surface area (Å²) in [5.74, 6) is -2.61. The monoisotopic (exact) mass is 543 g/mol. The quantitative estimate of drug-likeness (QED) is 0.522. The molecule has 0 saturated heterocycles. The standard InChI is InChI=1S/C21H23F6N5O.2H2S/c1-32(2)15-9-3-12(4-10-15)18(33)29-14-7-5-13(6-8-14)28-17-11-16(20(22,23)24)30-19(31-17)21(25,26)27;;/h3-4,9-11,13-14H,5-8H2,1-2H3,(H,29,33)(H,28,30,31);2*1H2. The molecule has 35 heavy (non-hydrogen) atoms. The molecule has 0 radical (unpaired) electrons. The smallest absolute Gasteiger partial charge is 0.378 e. The molecule has 1 saturated carbocycles. The summed E-state index contributed by atoms with van der Waals surface area (Å²) in [4.78, 5) is 20.2. The van der Waals surface area contributed by atoms with Gasteiger partial charge in [0.1, 0.15) is 5.82 Å². The summed E-state index contributed by atoms with van der Waals surface area (Å²) in [5, 5.41) is 5.58. The van der Waals surface area contributed by atoms with E-state index < -0.39 is 29.7 Å². The van der Waals surface area contributed by atoms with E-state index in [1.807, 2.05) is 31.1 Å². The zero-order chi connectivity index (χ0) is 24.4. The molecule has 0 unspecified atom stereocenters. The van der Waals surface area contributed by atoms with Crippen molar-refractivity contribution in [2.45, 2.75) is 50.1 Å². The largest absolute Gasteiger partial charge is 0.451 e. The Morgan fingerprint density at radius 2 is 1.43 bits per heavy atom. The zero-order valence-electron chi connectivity index (χ0n) is 18.9. The molecule has 1 aromatic carbocycles. The second-order valence-electron chi connectivity index (χ2n) is 8.07. The highest BCUT2D eigenvalue weighted by atomic mass is 32.1. The number of hydrogen-bond acceptors (Lipinski definition) is 5. The number of anilines is 2. The molecule has 1 aromatic heterocycles. The molecule has 1 aliphatic rings. The first kappa shape index (κ1) is 30.7. The molecular formula is C21H27F6N5OS2. The lowest BCUT2D eigenvalue weighted by Crippen LogP contribution is -2.40. The first-order chi connectivity index (χ1) is 15.3. The lowest BCUT2D eigenvalue weighted by atomic mass is 9.91. The van der Waals surface area contributed by atoms with E-state index in [9.17, 15) is 31.1 Å². The fraction of sp³-hybridized carbons (Fsp3) is 0.476. The van der Waals surface area contributed by atoms with Crippen molar-refractivity contribution < 1.29 is 31.1 Å². The van der Waals surface area contributed by atoms with Gasteiger partial charge in [-0.1, -0.05) is 0 Å². The third-order valence-electron chi connectivity index (χ3n) is 5.33. The number of carbonyl (C=O) groups excluding carboxylic acids is 1. The first-order valence-electron chi connectivity index (χ1n) is 10.2. The summed E-state index contributed by atoms with van der Waals surface area (Å²) < 4.78 is 77.7. The topological polar surface area (TPSA) is 70.2 Å². The average molecular weight is 544 g/mol. The molecule has 2 N–H and O–H groups in total.